The van der Waals surface area contributed by atoms with Crippen molar-refractivity contribution in [3.8, 4) is 0 Å². The summed E-state index contributed by atoms with van der Waals surface area (Å²) in [5.74, 6) is 0. The Bertz CT molecular complexity index is 118. The third-order valence-corrected chi connectivity index (χ3v) is 1.97. The largest absolute Gasteiger partial charge is 0.394 e. The van der Waals surface area contributed by atoms with Crippen molar-refractivity contribution >= 4 is 0 Å². The molecule has 0 saturated carbocycles. The van der Waals surface area contributed by atoms with Crippen molar-refractivity contribution in [2.75, 3.05) is 59.5 Å². The minimum Gasteiger partial charge on any atom is -0.394 e. The van der Waals surface area contributed by atoms with Crippen LogP contribution in [0.25, 0.3) is 0 Å². The lowest BCUT2D eigenvalue weighted by atomic mass is 10.4. The summed E-state index contributed by atoms with van der Waals surface area (Å²) in [6.45, 7) is 7.30. The van der Waals surface area contributed by atoms with Crippen LogP contribution in [0.15, 0.2) is 0 Å². The molecule has 0 heterocycles. The van der Waals surface area contributed by atoms with Gasteiger partial charge in [-0.2, -0.15) is 0 Å². The van der Waals surface area contributed by atoms with Gasteiger partial charge >= 0.3 is 0 Å². The highest BCUT2D eigenvalue weighted by Crippen LogP contribution is 1.89. The van der Waals surface area contributed by atoms with Gasteiger partial charge in [-0.15, -0.1) is 0 Å². The van der Waals surface area contributed by atoms with Crippen LogP contribution in [0.4, 0.5) is 0 Å². The number of aliphatic hydroxyl groups is 1. The molecule has 0 atom stereocenters. The summed E-state index contributed by atoms with van der Waals surface area (Å²) in [6.07, 6.45) is 1.77. The molecule has 5 nitrogen and oxygen atoms in total. The molecular weight excluding hydrogens is 224 g/mol. The van der Waals surface area contributed by atoms with Crippen molar-refractivity contribution in [2.45, 2.75) is 19.8 Å². The molecule has 5 heteroatoms. The molecule has 0 aromatic rings. The molecule has 0 aromatic heterocycles. The second-order valence-corrected chi connectivity index (χ2v) is 3.46. The molecule has 1 N–H and O–H groups in total. The van der Waals surface area contributed by atoms with Crippen LogP contribution < -0.4 is 0 Å². The van der Waals surface area contributed by atoms with E-state index in [-0.39, 0.29) is 6.61 Å². The maximum atomic E-state index is 8.46. The van der Waals surface area contributed by atoms with Crippen LogP contribution in [0.3, 0.4) is 0 Å². The molecule has 0 fully saturated rings. The predicted molar refractivity (Wildman–Crippen MR) is 65.3 cm³/mol. The highest BCUT2D eigenvalue weighted by Gasteiger charge is 1.92. The molecular formula is C12H26O5. The molecule has 0 bridgehead atoms. The molecule has 0 rings (SSSR count). The van der Waals surface area contributed by atoms with Crippen molar-refractivity contribution in [1.29, 1.82) is 0 Å². The number of hydrogen-bond acceptors (Lipinski definition) is 5. The Labute approximate surface area is 104 Å². The normalized spacial score (nSPS) is 10.9. The summed E-state index contributed by atoms with van der Waals surface area (Å²) >= 11 is 0. The Hall–Kier alpha value is -0.200. The van der Waals surface area contributed by atoms with E-state index in [2.05, 4.69) is 0 Å². The smallest absolute Gasteiger partial charge is 0.0700 e. The first-order chi connectivity index (χ1) is 8.41. The summed E-state index contributed by atoms with van der Waals surface area (Å²) in [6, 6.07) is 0. The molecule has 0 aliphatic carbocycles. The maximum Gasteiger partial charge on any atom is 0.0700 e. The van der Waals surface area contributed by atoms with Gasteiger partial charge in [0.25, 0.3) is 0 Å². The second-order valence-electron chi connectivity index (χ2n) is 3.46. The van der Waals surface area contributed by atoms with E-state index < -0.39 is 0 Å². The number of rotatable bonds is 14. The van der Waals surface area contributed by atoms with Gasteiger partial charge in [0.15, 0.2) is 0 Å². The lowest BCUT2D eigenvalue weighted by Gasteiger charge is -2.06. The quantitative estimate of drug-likeness (QED) is 0.463. The van der Waals surface area contributed by atoms with Gasteiger partial charge in [0.1, 0.15) is 0 Å². The van der Waals surface area contributed by atoms with Crippen molar-refractivity contribution in [2.24, 2.45) is 0 Å². The van der Waals surface area contributed by atoms with Gasteiger partial charge in [-0.3, -0.25) is 0 Å². The van der Waals surface area contributed by atoms with Crippen molar-refractivity contribution < 1.29 is 24.1 Å². The first kappa shape index (κ1) is 16.8. The van der Waals surface area contributed by atoms with Crippen LogP contribution in [-0.4, -0.2) is 64.6 Å². The molecule has 0 saturated heterocycles. The molecule has 0 unspecified atom stereocenters. The third-order valence-electron chi connectivity index (χ3n) is 1.97. The number of hydrogen-bond donors (Lipinski definition) is 1. The Morgan fingerprint density at radius 1 is 0.647 bits per heavy atom. The van der Waals surface area contributed by atoms with E-state index in [1.165, 1.54) is 0 Å². The maximum absolute atomic E-state index is 8.46. The van der Waals surface area contributed by atoms with E-state index in [0.717, 1.165) is 19.4 Å². The summed E-state index contributed by atoms with van der Waals surface area (Å²) in [7, 11) is 0. The molecule has 0 spiro atoms. The van der Waals surface area contributed by atoms with Gasteiger partial charge in [-0.05, 0) is 19.8 Å². The van der Waals surface area contributed by atoms with E-state index in [1.807, 2.05) is 6.92 Å². The lowest BCUT2D eigenvalue weighted by Crippen LogP contribution is -2.08. The zero-order valence-corrected chi connectivity index (χ0v) is 10.9. The first-order valence-electron chi connectivity index (χ1n) is 6.33. The monoisotopic (exact) mass is 250 g/mol. The van der Waals surface area contributed by atoms with E-state index in [4.69, 9.17) is 24.1 Å². The Balaban J connectivity index is 2.85. The third kappa shape index (κ3) is 15.8. The van der Waals surface area contributed by atoms with Crippen LogP contribution in [0.5, 0.6) is 0 Å². The van der Waals surface area contributed by atoms with Crippen LogP contribution in [0, 0.1) is 0 Å². The average molecular weight is 250 g/mol. The van der Waals surface area contributed by atoms with Crippen molar-refractivity contribution in [3.63, 3.8) is 0 Å². The van der Waals surface area contributed by atoms with E-state index >= 15 is 0 Å². The van der Waals surface area contributed by atoms with Gasteiger partial charge in [0.05, 0.1) is 26.4 Å². The van der Waals surface area contributed by atoms with Gasteiger partial charge < -0.3 is 24.1 Å². The lowest BCUT2D eigenvalue weighted by molar-refractivity contribution is 0.0337. The van der Waals surface area contributed by atoms with E-state index in [1.54, 1.807) is 0 Å². The molecule has 0 radical (unpaired) electrons. The van der Waals surface area contributed by atoms with Crippen LogP contribution in [-0.2, 0) is 18.9 Å². The Morgan fingerprint density at radius 2 is 1.12 bits per heavy atom. The number of aliphatic hydroxyl groups excluding tert-OH is 1. The number of ether oxygens (including phenoxy) is 4. The summed E-state index contributed by atoms with van der Waals surface area (Å²) < 4.78 is 21.0. The Kier molecular flexibility index (Phi) is 15.6. The Morgan fingerprint density at radius 3 is 1.65 bits per heavy atom. The van der Waals surface area contributed by atoms with Crippen LogP contribution in [0.1, 0.15) is 19.8 Å². The molecule has 0 aromatic carbocycles. The fourth-order valence-corrected chi connectivity index (χ4v) is 1.16. The molecule has 0 amide bonds. The topological polar surface area (TPSA) is 57.2 Å². The fraction of sp³-hybridized carbons (Fsp3) is 1.00. The van der Waals surface area contributed by atoms with Crippen molar-refractivity contribution in [1.82, 2.24) is 0 Å². The van der Waals surface area contributed by atoms with Gasteiger partial charge in [-0.25, -0.2) is 0 Å². The second kappa shape index (κ2) is 15.8. The first-order valence-corrected chi connectivity index (χ1v) is 6.33. The van der Waals surface area contributed by atoms with Crippen LogP contribution in [0.2, 0.25) is 0 Å². The summed E-state index contributed by atoms with van der Waals surface area (Å²) in [5, 5.41) is 8.46. The summed E-state index contributed by atoms with van der Waals surface area (Å²) in [5.41, 5.74) is 0. The molecule has 0 aliphatic rings. The molecule has 17 heavy (non-hydrogen) atoms. The zero-order chi connectivity index (χ0) is 12.6. The fourth-order valence-electron chi connectivity index (χ4n) is 1.16. The zero-order valence-electron chi connectivity index (χ0n) is 10.9. The average Bonchev–Trinajstić information content (AvgIpc) is 2.35. The SMILES string of the molecule is CCOCCOCCCOCCCOCCO. The predicted octanol–water partition coefficient (Wildman–Crippen LogP) is 0.845. The molecule has 0 aliphatic heterocycles. The van der Waals surface area contributed by atoms with Gasteiger partial charge in [0.2, 0.25) is 0 Å². The van der Waals surface area contributed by atoms with E-state index in [9.17, 15) is 0 Å². The highest BCUT2D eigenvalue weighted by atomic mass is 16.5. The minimum absolute atomic E-state index is 0.0833. The van der Waals surface area contributed by atoms with Crippen LogP contribution >= 0.6 is 0 Å². The minimum atomic E-state index is 0.0833. The van der Waals surface area contributed by atoms with Gasteiger partial charge in [0, 0.05) is 33.0 Å². The molecule has 104 valence electrons. The van der Waals surface area contributed by atoms with Crippen molar-refractivity contribution in [3.05, 3.63) is 0 Å². The standard InChI is InChI=1S/C12H26O5/c1-2-14-11-12-17-9-4-7-15-6-3-8-16-10-5-13/h13H,2-12H2,1H3. The van der Waals surface area contributed by atoms with E-state index in [0.29, 0.717) is 46.2 Å². The highest BCUT2D eigenvalue weighted by molar-refractivity contribution is 4.38. The van der Waals surface area contributed by atoms with Gasteiger partial charge in [-0.1, -0.05) is 0 Å². The summed E-state index contributed by atoms with van der Waals surface area (Å²) in [4.78, 5) is 0.